The SMILES string of the molecule is COC(=O)c1cncc(Oc2cc(C#N)cc(OC)c2)n1. The summed E-state index contributed by atoms with van der Waals surface area (Å²) in [7, 11) is 2.73. The number of ether oxygens (including phenoxy) is 3. The number of esters is 1. The summed E-state index contributed by atoms with van der Waals surface area (Å²) in [5.74, 6) is 0.315. The van der Waals surface area contributed by atoms with Crippen molar-refractivity contribution in [2.24, 2.45) is 0 Å². The number of nitrogens with zero attached hydrogens (tertiary/aromatic N) is 3. The van der Waals surface area contributed by atoms with Gasteiger partial charge >= 0.3 is 5.97 Å². The van der Waals surface area contributed by atoms with Crippen molar-refractivity contribution in [3.63, 3.8) is 0 Å². The second-order valence-corrected chi connectivity index (χ2v) is 3.85. The van der Waals surface area contributed by atoms with Crippen LogP contribution in [0.25, 0.3) is 0 Å². The second kappa shape index (κ2) is 6.34. The van der Waals surface area contributed by atoms with Crippen LogP contribution in [0.3, 0.4) is 0 Å². The topological polar surface area (TPSA) is 94.3 Å². The van der Waals surface area contributed by atoms with E-state index < -0.39 is 5.97 Å². The molecule has 2 aromatic rings. The van der Waals surface area contributed by atoms with Gasteiger partial charge in [0.2, 0.25) is 5.88 Å². The van der Waals surface area contributed by atoms with E-state index in [1.165, 1.54) is 32.7 Å². The molecule has 0 N–H and O–H groups in total. The second-order valence-electron chi connectivity index (χ2n) is 3.85. The molecule has 0 aliphatic rings. The van der Waals surface area contributed by atoms with E-state index in [2.05, 4.69) is 14.7 Å². The minimum atomic E-state index is -0.615. The zero-order chi connectivity index (χ0) is 15.2. The Labute approximate surface area is 120 Å². The van der Waals surface area contributed by atoms with Gasteiger partial charge in [0.25, 0.3) is 0 Å². The maximum Gasteiger partial charge on any atom is 0.358 e. The first-order chi connectivity index (χ1) is 10.2. The van der Waals surface area contributed by atoms with Crippen LogP contribution in [0, 0.1) is 11.3 Å². The van der Waals surface area contributed by atoms with Crippen molar-refractivity contribution in [1.29, 1.82) is 5.26 Å². The van der Waals surface area contributed by atoms with Crippen LogP contribution in [0.4, 0.5) is 0 Å². The predicted octanol–water partition coefficient (Wildman–Crippen LogP) is 1.94. The Hall–Kier alpha value is -3.14. The van der Waals surface area contributed by atoms with E-state index in [4.69, 9.17) is 14.7 Å². The van der Waals surface area contributed by atoms with E-state index in [0.717, 1.165) is 0 Å². The largest absolute Gasteiger partial charge is 0.497 e. The predicted molar refractivity (Wildman–Crippen MR) is 71.2 cm³/mol. The average Bonchev–Trinajstić information content (AvgIpc) is 2.53. The van der Waals surface area contributed by atoms with Crippen molar-refractivity contribution in [1.82, 2.24) is 9.97 Å². The van der Waals surface area contributed by atoms with Crippen molar-refractivity contribution in [3.8, 4) is 23.4 Å². The number of rotatable bonds is 4. The zero-order valence-corrected chi connectivity index (χ0v) is 11.4. The molecule has 0 bridgehead atoms. The van der Waals surface area contributed by atoms with Crippen LogP contribution in [0.15, 0.2) is 30.6 Å². The van der Waals surface area contributed by atoms with Gasteiger partial charge in [-0.2, -0.15) is 5.26 Å². The first kappa shape index (κ1) is 14.3. The van der Waals surface area contributed by atoms with E-state index in [-0.39, 0.29) is 11.6 Å². The molecule has 1 aromatic heterocycles. The van der Waals surface area contributed by atoms with Gasteiger partial charge in [0, 0.05) is 6.07 Å². The van der Waals surface area contributed by atoms with Crippen LogP contribution < -0.4 is 9.47 Å². The third kappa shape index (κ3) is 3.45. The molecule has 0 saturated carbocycles. The molecule has 0 amide bonds. The van der Waals surface area contributed by atoms with Gasteiger partial charge in [-0.3, -0.25) is 4.98 Å². The Kier molecular flexibility index (Phi) is 4.31. The zero-order valence-electron chi connectivity index (χ0n) is 11.4. The molecule has 0 aliphatic carbocycles. The summed E-state index contributed by atoms with van der Waals surface area (Å²) >= 11 is 0. The first-order valence-electron chi connectivity index (χ1n) is 5.83. The summed E-state index contributed by atoms with van der Waals surface area (Å²) in [6.45, 7) is 0. The van der Waals surface area contributed by atoms with Crippen molar-refractivity contribution < 1.29 is 19.0 Å². The minimum absolute atomic E-state index is 0.0263. The molecular weight excluding hydrogens is 274 g/mol. The Morgan fingerprint density at radius 3 is 2.62 bits per heavy atom. The van der Waals surface area contributed by atoms with Crippen LogP contribution in [0.1, 0.15) is 16.1 Å². The molecule has 0 aliphatic heterocycles. The van der Waals surface area contributed by atoms with Crippen LogP contribution >= 0.6 is 0 Å². The van der Waals surface area contributed by atoms with Crippen LogP contribution in [-0.4, -0.2) is 30.2 Å². The Morgan fingerprint density at radius 2 is 1.95 bits per heavy atom. The molecule has 1 heterocycles. The number of carbonyl (C=O) groups excluding carboxylic acids is 1. The molecule has 7 heteroatoms. The summed E-state index contributed by atoms with van der Waals surface area (Å²) < 4.78 is 15.1. The maximum atomic E-state index is 11.4. The fraction of sp³-hybridized carbons (Fsp3) is 0.143. The fourth-order valence-electron chi connectivity index (χ4n) is 1.53. The van der Waals surface area contributed by atoms with Crippen molar-refractivity contribution >= 4 is 5.97 Å². The molecule has 2 rings (SSSR count). The molecule has 0 radical (unpaired) electrons. The fourth-order valence-corrected chi connectivity index (χ4v) is 1.53. The van der Waals surface area contributed by atoms with E-state index in [9.17, 15) is 4.79 Å². The molecule has 7 nitrogen and oxygen atoms in total. The monoisotopic (exact) mass is 285 g/mol. The lowest BCUT2D eigenvalue weighted by molar-refractivity contribution is 0.0592. The lowest BCUT2D eigenvalue weighted by Gasteiger charge is -2.07. The highest BCUT2D eigenvalue weighted by Crippen LogP contribution is 2.26. The molecule has 1 aromatic carbocycles. The number of hydrogen-bond acceptors (Lipinski definition) is 7. The van der Waals surface area contributed by atoms with E-state index in [1.807, 2.05) is 6.07 Å². The van der Waals surface area contributed by atoms with Crippen LogP contribution in [0.2, 0.25) is 0 Å². The van der Waals surface area contributed by atoms with Gasteiger partial charge in [0.1, 0.15) is 11.5 Å². The van der Waals surface area contributed by atoms with Crippen molar-refractivity contribution in [2.45, 2.75) is 0 Å². The van der Waals surface area contributed by atoms with E-state index in [0.29, 0.717) is 17.1 Å². The molecule has 0 saturated heterocycles. The van der Waals surface area contributed by atoms with Gasteiger partial charge < -0.3 is 14.2 Å². The Morgan fingerprint density at radius 1 is 1.19 bits per heavy atom. The van der Waals surface area contributed by atoms with E-state index in [1.54, 1.807) is 12.1 Å². The van der Waals surface area contributed by atoms with Crippen LogP contribution in [0.5, 0.6) is 17.4 Å². The number of methoxy groups -OCH3 is 2. The molecular formula is C14H11N3O4. The third-order valence-corrected chi connectivity index (χ3v) is 2.47. The summed E-state index contributed by atoms with van der Waals surface area (Å²) in [6, 6.07) is 6.68. The first-order valence-corrected chi connectivity index (χ1v) is 5.83. The molecule has 106 valence electrons. The average molecular weight is 285 g/mol. The van der Waals surface area contributed by atoms with Gasteiger partial charge in [-0.05, 0) is 12.1 Å². The van der Waals surface area contributed by atoms with Crippen molar-refractivity contribution in [3.05, 3.63) is 41.9 Å². The summed E-state index contributed by atoms with van der Waals surface area (Å²) in [4.78, 5) is 19.2. The third-order valence-electron chi connectivity index (χ3n) is 2.47. The molecule has 0 atom stereocenters. The summed E-state index contributed by atoms with van der Waals surface area (Å²) in [5, 5.41) is 8.95. The Bertz CT molecular complexity index is 710. The molecule has 0 spiro atoms. The van der Waals surface area contributed by atoms with Crippen molar-refractivity contribution in [2.75, 3.05) is 14.2 Å². The number of benzene rings is 1. The van der Waals surface area contributed by atoms with Gasteiger partial charge in [0.15, 0.2) is 5.69 Å². The number of aromatic nitrogens is 2. The number of carbonyl (C=O) groups is 1. The molecule has 0 unspecified atom stereocenters. The Balaban J connectivity index is 2.30. The van der Waals surface area contributed by atoms with Gasteiger partial charge in [-0.25, -0.2) is 9.78 Å². The smallest absolute Gasteiger partial charge is 0.358 e. The van der Waals surface area contributed by atoms with E-state index >= 15 is 0 Å². The van der Waals surface area contributed by atoms with Gasteiger partial charge in [0.05, 0.1) is 38.2 Å². The minimum Gasteiger partial charge on any atom is -0.497 e. The summed E-state index contributed by atoms with van der Waals surface area (Å²) in [6.07, 6.45) is 2.61. The lowest BCUT2D eigenvalue weighted by Crippen LogP contribution is -2.05. The van der Waals surface area contributed by atoms with Gasteiger partial charge in [-0.15, -0.1) is 0 Å². The highest BCUT2D eigenvalue weighted by Gasteiger charge is 2.10. The van der Waals surface area contributed by atoms with Gasteiger partial charge in [-0.1, -0.05) is 0 Å². The van der Waals surface area contributed by atoms with Crippen LogP contribution in [-0.2, 0) is 4.74 Å². The summed E-state index contributed by atoms with van der Waals surface area (Å²) in [5.41, 5.74) is 0.403. The molecule has 21 heavy (non-hydrogen) atoms. The normalized spacial score (nSPS) is 9.57. The highest BCUT2D eigenvalue weighted by molar-refractivity contribution is 5.86. The molecule has 0 fully saturated rings. The lowest BCUT2D eigenvalue weighted by atomic mass is 10.2. The highest BCUT2D eigenvalue weighted by atomic mass is 16.5. The number of nitriles is 1. The quantitative estimate of drug-likeness (QED) is 0.792. The number of hydrogen-bond donors (Lipinski definition) is 0. The maximum absolute atomic E-state index is 11.4. The standard InChI is InChI=1S/C14H11N3O4/c1-19-10-3-9(6-15)4-11(5-10)21-13-8-16-7-12(17-13)14(18)20-2/h3-5,7-8H,1-2H3.